The van der Waals surface area contributed by atoms with E-state index in [1.165, 1.54) is 5.56 Å². The molecule has 1 aromatic rings. The summed E-state index contributed by atoms with van der Waals surface area (Å²) < 4.78 is 0. The third-order valence-corrected chi connectivity index (χ3v) is 3.73. The summed E-state index contributed by atoms with van der Waals surface area (Å²) in [6.07, 6.45) is 0. The van der Waals surface area contributed by atoms with E-state index in [-0.39, 0.29) is 0 Å². The summed E-state index contributed by atoms with van der Waals surface area (Å²) in [5.41, 5.74) is 1.25. The molecule has 2 rings (SSSR count). The van der Waals surface area contributed by atoms with Gasteiger partial charge in [-0.3, -0.25) is 0 Å². The standard InChI is InChI=1S/C13H19ClN2/c1-10(9-16(2)11-7-15-8-11)12-5-3-4-6-13(12)14/h3-6,10-11,15H,7-9H2,1-2H3. The molecule has 0 bridgehead atoms. The fourth-order valence-electron chi connectivity index (χ4n) is 2.14. The summed E-state index contributed by atoms with van der Waals surface area (Å²) in [6.45, 7) is 5.54. The molecular weight excluding hydrogens is 220 g/mol. The summed E-state index contributed by atoms with van der Waals surface area (Å²) in [6, 6.07) is 8.84. The van der Waals surface area contributed by atoms with Gasteiger partial charge in [0.05, 0.1) is 0 Å². The lowest BCUT2D eigenvalue weighted by atomic mass is 9.99. The Labute approximate surface area is 103 Å². The number of likely N-dealkylation sites (N-methyl/N-ethyl adjacent to an activating group) is 1. The van der Waals surface area contributed by atoms with E-state index in [1.807, 2.05) is 12.1 Å². The van der Waals surface area contributed by atoms with Gasteiger partial charge in [-0.05, 0) is 24.6 Å². The lowest BCUT2D eigenvalue weighted by Crippen LogP contribution is -2.56. The second kappa shape index (κ2) is 5.17. The molecular formula is C13H19ClN2. The van der Waals surface area contributed by atoms with Crippen LogP contribution in [0.2, 0.25) is 5.02 Å². The molecule has 2 nitrogen and oxygen atoms in total. The van der Waals surface area contributed by atoms with Gasteiger partial charge in [0.1, 0.15) is 0 Å². The van der Waals surface area contributed by atoms with Crippen LogP contribution in [0.25, 0.3) is 0 Å². The van der Waals surface area contributed by atoms with Crippen LogP contribution < -0.4 is 5.32 Å². The molecule has 1 fully saturated rings. The highest BCUT2D eigenvalue weighted by atomic mass is 35.5. The molecule has 16 heavy (non-hydrogen) atoms. The van der Waals surface area contributed by atoms with Gasteiger partial charge in [-0.2, -0.15) is 0 Å². The van der Waals surface area contributed by atoms with Crippen molar-refractivity contribution < 1.29 is 0 Å². The van der Waals surface area contributed by atoms with Crippen molar-refractivity contribution in [2.24, 2.45) is 0 Å². The van der Waals surface area contributed by atoms with Crippen molar-refractivity contribution in [1.82, 2.24) is 10.2 Å². The normalized spacial score (nSPS) is 18.5. The highest BCUT2D eigenvalue weighted by Gasteiger charge is 2.23. The molecule has 0 spiro atoms. The lowest BCUT2D eigenvalue weighted by Gasteiger charge is -2.37. The third-order valence-electron chi connectivity index (χ3n) is 3.38. The van der Waals surface area contributed by atoms with Crippen LogP contribution in [0.15, 0.2) is 24.3 Å². The summed E-state index contributed by atoms with van der Waals surface area (Å²) >= 11 is 6.20. The highest BCUT2D eigenvalue weighted by molar-refractivity contribution is 6.31. The Morgan fingerprint density at radius 1 is 1.44 bits per heavy atom. The Morgan fingerprint density at radius 2 is 2.12 bits per heavy atom. The van der Waals surface area contributed by atoms with Crippen LogP contribution >= 0.6 is 11.6 Å². The van der Waals surface area contributed by atoms with Crippen molar-refractivity contribution >= 4 is 11.6 Å². The monoisotopic (exact) mass is 238 g/mol. The molecule has 3 heteroatoms. The molecule has 1 aromatic carbocycles. The minimum atomic E-state index is 0.485. The number of hydrogen-bond donors (Lipinski definition) is 1. The van der Waals surface area contributed by atoms with Gasteiger partial charge < -0.3 is 10.2 Å². The first kappa shape index (κ1) is 11.9. The topological polar surface area (TPSA) is 15.3 Å². The Morgan fingerprint density at radius 3 is 2.69 bits per heavy atom. The average Bonchev–Trinajstić information content (AvgIpc) is 2.15. The van der Waals surface area contributed by atoms with Crippen molar-refractivity contribution in [3.63, 3.8) is 0 Å². The first-order chi connectivity index (χ1) is 7.68. The van der Waals surface area contributed by atoms with Crippen LogP contribution in [0.5, 0.6) is 0 Å². The van der Waals surface area contributed by atoms with Crippen LogP contribution in [-0.4, -0.2) is 37.6 Å². The number of rotatable bonds is 4. The first-order valence-corrected chi connectivity index (χ1v) is 6.21. The summed E-state index contributed by atoms with van der Waals surface area (Å²) in [5, 5.41) is 4.18. The van der Waals surface area contributed by atoms with E-state index >= 15 is 0 Å². The summed E-state index contributed by atoms with van der Waals surface area (Å²) in [4.78, 5) is 2.42. The quantitative estimate of drug-likeness (QED) is 0.867. The van der Waals surface area contributed by atoms with Gasteiger partial charge in [0.15, 0.2) is 0 Å². The van der Waals surface area contributed by atoms with Gasteiger partial charge >= 0.3 is 0 Å². The Hall–Kier alpha value is -0.570. The SMILES string of the molecule is CC(CN(C)C1CNC1)c1ccccc1Cl. The van der Waals surface area contributed by atoms with Gasteiger partial charge in [0.2, 0.25) is 0 Å². The molecule has 1 heterocycles. The number of benzene rings is 1. The predicted octanol–water partition coefficient (Wildman–Crippen LogP) is 2.35. The summed E-state index contributed by atoms with van der Waals surface area (Å²) in [5.74, 6) is 0.485. The molecule has 0 amide bonds. The molecule has 0 saturated carbocycles. The van der Waals surface area contributed by atoms with Gasteiger partial charge in [-0.1, -0.05) is 36.7 Å². The Bertz CT molecular complexity index is 350. The Kier molecular flexibility index (Phi) is 3.85. The van der Waals surface area contributed by atoms with E-state index in [0.717, 1.165) is 24.7 Å². The molecule has 0 aromatic heterocycles. The largest absolute Gasteiger partial charge is 0.314 e. The van der Waals surface area contributed by atoms with Crippen molar-refractivity contribution in [1.29, 1.82) is 0 Å². The zero-order valence-corrected chi connectivity index (χ0v) is 10.7. The maximum absolute atomic E-state index is 6.20. The van der Waals surface area contributed by atoms with E-state index in [9.17, 15) is 0 Å². The molecule has 0 radical (unpaired) electrons. The van der Waals surface area contributed by atoms with Crippen molar-refractivity contribution in [3.8, 4) is 0 Å². The molecule has 1 saturated heterocycles. The van der Waals surface area contributed by atoms with Crippen molar-refractivity contribution in [3.05, 3.63) is 34.9 Å². The molecule has 1 unspecified atom stereocenters. The average molecular weight is 239 g/mol. The molecule has 1 N–H and O–H groups in total. The van der Waals surface area contributed by atoms with E-state index < -0.39 is 0 Å². The lowest BCUT2D eigenvalue weighted by molar-refractivity contribution is 0.173. The minimum absolute atomic E-state index is 0.485. The van der Waals surface area contributed by atoms with Crippen molar-refractivity contribution in [2.75, 3.05) is 26.7 Å². The van der Waals surface area contributed by atoms with Gasteiger partial charge in [0, 0.05) is 30.7 Å². The maximum atomic E-state index is 6.20. The molecule has 1 atom stereocenters. The Balaban J connectivity index is 1.96. The van der Waals surface area contributed by atoms with E-state index in [2.05, 4.69) is 36.3 Å². The van der Waals surface area contributed by atoms with Crippen LogP contribution in [0.4, 0.5) is 0 Å². The second-order valence-electron chi connectivity index (χ2n) is 4.67. The molecule has 0 aliphatic carbocycles. The number of halogens is 1. The third kappa shape index (κ3) is 2.57. The fraction of sp³-hybridized carbons (Fsp3) is 0.538. The van der Waals surface area contributed by atoms with Gasteiger partial charge in [-0.25, -0.2) is 0 Å². The molecule has 88 valence electrons. The smallest absolute Gasteiger partial charge is 0.0441 e. The highest BCUT2D eigenvalue weighted by Crippen LogP contribution is 2.25. The number of nitrogens with zero attached hydrogens (tertiary/aromatic N) is 1. The van der Waals surface area contributed by atoms with Crippen LogP contribution in [0.1, 0.15) is 18.4 Å². The van der Waals surface area contributed by atoms with E-state index in [4.69, 9.17) is 11.6 Å². The first-order valence-electron chi connectivity index (χ1n) is 5.84. The molecule has 1 aliphatic rings. The number of nitrogens with one attached hydrogen (secondary N) is 1. The van der Waals surface area contributed by atoms with Gasteiger partial charge in [-0.15, -0.1) is 0 Å². The van der Waals surface area contributed by atoms with Crippen molar-refractivity contribution in [2.45, 2.75) is 18.9 Å². The van der Waals surface area contributed by atoms with E-state index in [0.29, 0.717) is 12.0 Å². The zero-order chi connectivity index (χ0) is 11.5. The molecule has 1 aliphatic heterocycles. The van der Waals surface area contributed by atoms with Gasteiger partial charge in [0.25, 0.3) is 0 Å². The van der Waals surface area contributed by atoms with Crippen LogP contribution in [-0.2, 0) is 0 Å². The maximum Gasteiger partial charge on any atom is 0.0441 e. The predicted molar refractivity (Wildman–Crippen MR) is 69.2 cm³/mol. The fourth-order valence-corrected chi connectivity index (χ4v) is 2.46. The second-order valence-corrected chi connectivity index (χ2v) is 5.08. The van der Waals surface area contributed by atoms with E-state index in [1.54, 1.807) is 0 Å². The number of hydrogen-bond acceptors (Lipinski definition) is 2. The summed E-state index contributed by atoms with van der Waals surface area (Å²) in [7, 11) is 2.19. The minimum Gasteiger partial charge on any atom is -0.314 e. The van der Waals surface area contributed by atoms with Crippen LogP contribution in [0.3, 0.4) is 0 Å². The van der Waals surface area contributed by atoms with Crippen LogP contribution in [0, 0.1) is 0 Å². The zero-order valence-electron chi connectivity index (χ0n) is 9.91.